The van der Waals surface area contributed by atoms with Crippen LogP contribution < -0.4 is 11.1 Å². The minimum absolute atomic E-state index is 0.201. The highest BCUT2D eigenvalue weighted by Gasteiger charge is 2.09. The Morgan fingerprint density at radius 3 is 3.00 bits per heavy atom. The molecule has 0 fully saturated rings. The number of anilines is 1. The van der Waals surface area contributed by atoms with E-state index in [1.54, 1.807) is 35.3 Å². The minimum atomic E-state index is -0.201. The summed E-state index contributed by atoms with van der Waals surface area (Å²) in [6.45, 7) is 1.25. The molecule has 0 bridgehead atoms. The van der Waals surface area contributed by atoms with Crippen molar-refractivity contribution in [1.82, 2.24) is 20.3 Å². The molecule has 2 aromatic rings. The molecular weight excluding hydrogens is 266 g/mol. The quantitative estimate of drug-likeness (QED) is 0.639. The fraction of sp³-hybridized carbons (Fsp3) is 0.250. The number of benzene rings is 1. The van der Waals surface area contributed by atoms with Gasteiger partial charge < -0.3 is 11.1 Å². The number of carbonyl (C=O) groups excluding carboxylic acids is 1. The summed E-state index contributed by atoms with van der Waals surface area (Å²) in [5.41, 5.74) is 6.55. The maximum atomic E-state index is 11.9. The molecule has 1 aromatic heterocycles. The van der Waals surface area contributed by atoms with Gasteiger partial charge in [0.05, 0.1) is 11.8 Å². The van der Waals surface area contributed by atoms with Crippen molar-refractivity contribution in [2.75, 3.05) is 12.3 Å². The average Bonchev–Trinajstić information content (AvgIpc) is 2.87. The van der Waals surface area contributed by atoms with E-state index < -0.39 is 0 Å². The Morgan fingerprint density at radius 1 is 1.47 bits per heavy atom. The van der Waals surface area contributed by atoms with Crippen LogP contribution in [0.3, 0.4) is 0 Å². The van der Waals surface area contributed by atoms with E-state index in [9.17, 15) is 4.79 Å². The van der Waals surface area contributed by atoms with Gasteiger partial charge in [0.1, 0.15) is 0 Å². The van der Waals surface area contributed by atoms with Crippen molar-refractivity contribution in [2.45, 2.75) is 13.0 Å². The Morgan fingerprint density at radius 2 is 2.32 bits per heavy atom. The Balaban J connectivity index is 1.81. The van der Waals surface area contributed by atoms with Crippen molar-refractivity contribution in [3.05, 3.63) is 41.2 Å². The molecule has 100 valence electrons. The number of halogens is 1. The van der Waals surface area contributed by atoms with E-state index in [0.717, 1.165) is 6.42 Å². The van der Waals surface area contributed by atoms with E-state index in [2.05, 4.69) is 15.6 Å². The van der Waals surface area contributed by atoms with Crippen molar-refractivity contribution in [2.24, 2.45) is 0 Å². The largest absolute Gasteiger partial charge is 0.398 e. The van der Waals surface area contributed by atoms with Crippen LogP contribution in [-0.4, -0.2) is 27.4 Å². The van der Waals surface area contributed by atoms with Gasteiger partial charge in [0.25, 0.3) is 5.91 Å². The van der Waals surface area contributed by atoms with Crippen LogP contribution in [0.5, 0.6) is 0 Å². The summed E-state index contributed by atoms with van der Waals surface area (Å²) in [7, 11) is 0. The molecule has 0 radical (unpaired) electrons. The highest BCUT2D eigenvalue weighted by Crippen LogP contribution is 2.17. The monoisotopic (exact) mass is 279 g/mol. The lowest BCUT2D eigenvalue weighted by atomic mass is 10.1. The number of aromatic nitrogens is 3. The van der Waals surface area contributed by atoms with Gasteiger partial charge in [-0.2, -0.15) is 0 Å². The fourth-order valence-electron chi connectivity index (χ4n) is 1.63. The number of nitrogens with zero attached hydrogens (tertiary/aromatic N) is 3. The first-order valence-corrected chi connectivity index (χ1v) is 6.22. The van der Waals surface area contributed by atoms with E-state index in [0.29, 0.717) is 29.4 Å². The lowest BCUT2D eigenvalue weighted by Gasteiger charge is -2.07. The van der Waals surface area contributed by atoms with Crippen LogP contribution >= 0.6 is 11.6 Å². The predicted molar refractivity (Wildman–Crippen MR) is 72.8 cm³/mol. The maximum absolute atomic E-state index is 11.9. The molecule has 0 saturated heterocycles. The van der Waals surface area contributed by atoms with E-state index in [1.165, 1.54) is 0 Å². The van der Waals surface area contributed by atoms with Crippen LogP contribution in [0.1, 0.15) is 16.8 Å². The first kappa shape index (κ1) is 13.4. The summed E-state index contributed by atoms with van der Waals surface area (Å²) >= 11 is 5.78. The topological polar surface area (TPSA) is 85.8 Å². The average molecular weight is 280 g/mol. The Kier molecular flexibility index (Phi) is 4.35. The third-order valence-electron chi connectivity index (χ3n) is 2.58. The number of carbonyl (C=O) groups is 1. The first-order chi connectivity index (χ1) is 9.16. The molecule has 7 heteroatoms. The molecule has 3 N–H and O–H groups in total. The number of amides is 1. The lowest BCUT2D eigenvalue weighted by molar-refractivity contribution is 0.0953. The van der Waals surface area contributed by atoms with Gasteiger partial charge in [0.2, 0.25) is 0 Å². The molecule has 0 aliphatic carbocycles. The van der Waals surface area contributed by atoms with Crippen LogP contribution in [0.15, 0.2) is 30.6 Å². The van der Waals surface area contributed by atoms with Crippen LogP contribution in [0, 0.1) is 0 Å². The molecule has 19 heavy (non-hydrogen) atoms. The molecule has 6 nitrogen and oxygen atoms in total. The van der Waals surface area contributed by atoms with Crippen molar-refractivity contribution in [3.8, 4) is 0 Å². The second-order valence-electron chi connectivity index (χ2n) is 4.01. The number of nitrogen functional groups attached to an aromatic ring is 1. The SMILES string of the molecule is Nc1cc(Cl)ccc1C(=O)NCCCn1ccnn1. The molecule has 0 atom stereocenters. The van der Waals surface area contributed by atoms with Gasteiger partial charge in [-0.3, -0.25) is 9.48 Å². The molecule has 0 unspecified atom stereocenters. The van der Waals surface area contributed by atoms with Gasteiger partial charge in [0, 0.05) is 30.0 Å². The number of nitrogens with two attached hydrogens (primary N) is 1. The van der Waals surface area contributed by atoms with Crippen LogP contribution in [0.2, 0.25) is 5.02 Å². The van der Waals surface area contributed by atoms with Crippen molar-refractivity contribution in [1.29, 1.82) is 0 Å². The van der Waals surface area contributed by atoms with E-state index in [4.69, 9.17) is 17.3 Å². The van der Waals surface area contributed by atoms with E-state index >= 15 is 0 Å². The summed E-state index contributed by atoms with van der Waals surface area (Å²) in [6, 6.07) is 4.82. The standard InChI is InChI=1S/C12H14ClN5O/c13-9-2-3-10(11(14)8-9)12(19)15-4-1-6-18-7-5-16-17-18/h2-3,5,7-8H,1,4,6,14H2,(H,15,19). The van der Waals surface area contributed by atoms with E-state index in [1.807, 2.05) is 0 Å². The molecule has 0 spiro atoms. The van der Waals surface area contributed by atoms with Gasteiger partial charge in [-0.05, 0) is 24.6 Å². The molecule has 1 heterocycles. The van der Waals surface area contributed by atoms with Crippen LogP contribution in [-0.2, 0) is 6.54 Å². The fourth-order valence-corrected chi connectivity index (χ4v) is 1.81. The number of rotatable bonds is 5. The molecular formula is C12H14ClN5O. The highest BCUT2D eigenvalue weighted by atomic mass is 35.5. The first-order valence-electron chi connectivity index (χ1n) is 5.84. The van der Waals surface area contributed by atoms with Gasteiger partial charge in [0.15, 0.2) is 0 Å². The minimum Gasteiger partial charge on any atom is -0.398 e. The number of aryl methyl sites for hydroxylation is 1. The van der Waals surface area contributed by atoms with Gasteiger partial charge in [-0.1, -0.05) is 16.8 Å². The van der Waals surface area contributed by atoms with Gasteiger partial charge in [-0.15, -0.1) is 5.10 Å². The Bertz CT molecular complexity index is 555. The van der Waals surface area contributed by atoms with Crippen molar-refractivity contribution >= 4 is 23.2 Å². The second kappa shape index (κ2) is 6.19. The number of hydrogen-bond donors (Lipinski definition) is 2. The summed E-state index contributed by atoms with van der Waals surface area (Å²) in [5.74, 6) is -0.201. The molecule has 1 aromatic carbocycles. The van der Waals surface area contributed by atoms with Gasteiger partial charge >= 0.3 is 0 Å². The second-order valence-corrected chi connectivity index (χ2v) is 4.44. The zero-order valence-corrected chi connectivity index (χ0v) is 11.0. The van der Waals surface area contributed by atoms with Crippen LogP contribution in [0.4, 0.5) is 5.69 Å². The summed E-state index contributed by atoms with van der Waals surface area (Å²) < 4.78 is 1.71. The molecule has 0 aliphatic heterocycles. The Labute approximate surface area is 115 Å². The van der Waals surface area contributed by atoms with Crippen molar-refractivity contribution < 1.29 is 4.79 Å². The molecule has 2 rings (SSSR count). The van der Waals surface area contributed by atoms with E-state index in [-0.39, 0.29) is 5.91 Å². The Hall–Kier alpha value is -2.08. The highest BCUT2D eigenvalue weighted by molar-refractivity contribution is 6.31. The lowest BCUT2D eigenvalue weighted by Crippen LogP contribution is -2.26. The summed E-state index contributed by atoms with van der Waals surface area (Å²) in [4.78, 5) is 11.9. The predicted octanol–water partition coefficient (Wildman–Crippen LogP) is 1.33. The number of nitrogens with one attached hydrogen (secondary N) is 1. The number of hydrogen-bond acceptors (Lipinski definition) is 4. The normalized spacial score (nSPS) is 10.4. The van der Waals surface area contributed by atoms with Crippen molar-refractivity contribution in [3.63, 3.8) is 0 Å². The third kappa shape index (κ3) is 3.69. The molecule has 0 saturated carbocycles. The molecule has 1 amide bonds. The maximum Gasteiger partial charge on any atom is 0.253 e. The summed E-state index contributed by atoms with van der Waals surface area (Å²) in [5, 5.41) is 10.8. The zero-order valence-electron chi connectivity index (χ0n) is 10.2. The van der Waals surface area contributed by atoms with Crippen LogP contribution in [0.25, 0.3) is 0 Å². The van der Waals surface area contributed by atoms with Gasteiger partial charge in [-0.25, -0.2) is 0 Å². The third-order valence-corrected chi connectivity index (χ3v) is 2.81. The smallest absolute Gasteiger partial charge is 0.253 e. The summed E-state index contributed by atoms with van der Waals surface area (Å²) in [6.07, 6.45) is 4.16. The zero-order chi connectivity index (χ0) is 13.7. The molecule has 0 aliphatic rings.